The van der Waals surface area contributed by atoms with Crippen molar-refractivity contribution in [2.24, 2.45) is 28.9 Å². The molecule has 21 heavy (non-hydrogen) atoms. The molecule has 0 aromatic carbocycles. The zero-order chi connectivity index (χ0) is 14.3. The number of rotatable bonds is 5. The van der Waals surface area contributed by atoms with Crippen molar-refractivity contribution >= 4 is 18.3 Å². The summed E-state index contributed by atoms with van der Waals surface area (Å²) < 4.78 is 5.00. The van der Waals surface area contributed by atoms with E-state index < -0.39 is 6.04 Å². The molecule has 4 aliphatic carbocycles. The molecule has 4 aliphatic rings. The zero-order valence-corrected chi connectivity index (χ0v) is 14.0. The van der Waals surface area contributed by atoms with Crippen molar-refractivity contribution in [3.63, 3.8) is 0 Å². The number of carbonyl (C=O) groups excluding carboxylic acids is 1. The molecule has 0 saturated heterocycles. The summed E-state index contributed by atoms with van der Waals surface area (Å²) in [6.45, 7) is 1.21. The second kappa shape index (κ2) is 6.43. The number of methoxy groups -OCH3 is 1. The van der Waals surface area contributed by atoms with Crippen LogP contribution in [0.1, 0.15) is 38.5 Å². The first kappa shape index (κ1) is 17.0. The maximum absolute atomic E-state index is 12.3. The Balaban J connectivity index is 0.00000161. The smallest absolute Gasteiger partial charge is 0.241 e. The van der Waals surface area contributed by atoms with Crippen molar-refractivity contribution in [2.75, 3.05) is 27.3 Å². The Labute approximate surface area is 134 Å². The number of halogens is 1. The summed E-state index contributed by atoms with van der Waals surface area (Å²) in [6, 6.07) is -0.515. The molecule has 4 fully saturated rings. The summed E-state index contributed by atoms with van der Waals surface area (Å²) in [5, 5.41) is 0. The SMILES string of the molecule is COCC(N)C(=O)N(C)CC12CC3CC(CC(C3)C1)C2.Cl. The molecule has 4 nitrogen and oxygen atoms in total. The average molecular weight is 317 g/mol. The fraction of sp³-hybridized carbons (Fsp3) is 0.938. The molecule has 0 radical (unpaired) electrons. The van der Waals surface area contributed by atoms with E-state index >= 15 is 0 Å². The molecule has 4 bridgehead atoms. The van der Waals surface area contributed by atoms with Crippen LogP contribution in [0.5, 0.6) is 0 Å². The highest BCUT2D eigenvalue weighted by atomic mass is 35.5. The van der Waals surface area contributed by atoms with Crippen molar-refractivity contribution < 1.29 is 9.53 Å². The Morgan fingerprint density at radius 3 is 2.14 bits per heavy atom. The van der Waals surface area contributed by atoms with Crippen molar-refractivity contribution in [3.8, 4) is 0 Å². The normalized spacial score (nSPS) is 38.0. The minimum Gasteiger partial charge on any atom is -0.383 e. The van der Waals surface area contributed by atoms with E-state index in [0.717, 1.165) is 24.3 Å². The molecule has 4 rings (SSSR count). The Bertz CT molecular complexity index is 353. The van der Waals surface area contributed by atoms with Crippen LogP contribution < -0.4 is 5.73 Å². The van der Waals surface area contributed by atoms with E-state index in [1.807, 2.05) is 11.9 Å². The predicted octanol–water partition coefficient (Wildman–Crippen LogP) is 2.06. The van der Waals surface area contributed by atoms with Crippen LogP contribution in [0.4, 0.5) is 0 Å². The number of nitrogens with two attached hydrogens (primary N) is 1. The van der Waals surface area contributed by atoms with Crippen molar-refractivity contribution in [1.29, 1.82) is 0 Å². The Morgan fingerprint density at radius 1 is 1.24 bits per heavy atom. The lowest BCUT2D eigenvalue weighted by Crippen LogP contribution is -2.53. The summed E-state index contributed by atoms with van der Waals surface area (Å²) in [5.74, 6) is 2.81. The number of carbonyl (C=O) groups is 1. The highest BCUT2D eigenvalue weighted by molar-refractivity contribution is 5.85. The first-order valence-corrected chi connectivity index (χ1v) is 8.01. The number of hydrogen-bond donors (Lipinski definition) is 1. The van der Waals surface area contributed by atoms with Gasteiger partial charge in [0.1, 0.15) is 6.04 Å². The monoisotopic (exact) mass is 316 g/mol. The number of amides is 1. The van der Waals surface area contributed by atoms with E-state index in [2.05, 4.69) is 0 Å². The summed E-state index contributed by atoms with van der Waals surface area (Å²) >= 11 is 0. The van der Waals surface area contributed by atoms with Gasteiger partial charge in [-0.1, -0.05) is 0 Å². The van der Waals surface area contributed by atoms with Gasteiger partial charge in [0.25, 0.3) is 0 Å². The molecule has 122 valence electrons. The summed E-state index contributed by atoms with van der Waals surface area (Å²) in [7, 11) is 3.50. The lowest BCUT2D eigenvalue weighted by molar-refractivity contribution is -0.137. The Morgan fingerprint density at radius 2 is 1.71 bits per heavy atom. The van der Waals surface area contributed by atoms with Gasteiger partial charge >= 0.3 is 0 Å². The van der Waals surface area contributed by atoms with Gasteiger partial charge in [0, 0.05) is 20.7 Å². The van der Waals surface area contributed by atoms with Crippen LogP contribution >= 0.6 is 12.4 Å². The maximum atomic E-state index is 12.3. The van der Waals surface area contributed by atoms with Gasteiger partial charge in [-0.25, -0.2) is 0 Å². The number of hydrogen-bond acceptors (Lipinski definition) is 3. The van der Waals surface area contributed by atoms with E-state index in [-0.39, 0.29) is 18.3 Å². The van der Waals surface area contributed by atoms with Gasteiger partial charge in [0.2, 0.25) is 5.91 Å². The average Bonchev–Trinajstić information content (AvgIpc) is 2.35. The van der Waals surface area contributed by atoms with Crippen LogP contribution in [-0.2, 0) is 9.53 Å². The molecule has 0 spiro atoms. The Hall–Kier alpha value is -0.320. The number of ether oxygens (including phenoxy) is 1. The zero-order valence-electron chi connectivity index (χ0n) is 13.2. The third-order valence-electron chi connectivity index (χ3n) is 5.78. The minimum atomic E-state index is -0.515. The van der Waals surface area contributed by atoms with E-state index in [9.17, 15) is 4.79 Å². The lowest BCUT2D eigenvalue weighted by Gasteiger charge is -2.57. The van der Waals surface area contributed by atoms with E-state index in [4.69, 9.17) is 10.5 Å². The van der Waals surface area contributed by atoms with Gasteiger partial charge in [-0.05, 0) is 61.7 Å². The molecule has 1 amide bonds. The van der Waals surface area contributed by atoms with Crippen LogP contribution in [0.2, 0.25) is 0 Å². The van der Waals surface area contributed by atoms with E-state index in [0.29, 0.717) is 12.0 Å². The molecular weight excluding hydrogens is 288 g/mol. The fourth-order valence-electron chi connectivity index (χ4n) is 5.60. The lowest BCUT2D eigenvalue weighted by atomic mass is 9.49. The third-order valence-corrected chi connectivity index (χ3v) is 5.78. The second-order valence-electron chi connectivity index (χ2n) is 7.67. The predicted molar refractivity (Wildman–Crippen MR) is 85.3 cm³/mol. The van der Waals surface area contributed by atoms with Gasteiger partial charge in [-0.15, -0.1) is 12.4 Å². The molecule has 0 aliphatic heterocycles. The largest absolute Gasteiger partial charge is 0.383 e. The van der Waals surface area contributed by atoms with Crippen molar-refractivity contribution in [2.45, 2.75) is 44.6 Å². The standard InChI is InChI=1S/C16H28N2O2.ClH/c1-18(15(19)14(17)9-20-2)10-16-6-11-3-12(7-16)5-13(4-11)8-16;/h11-14H,3-10,17H2,1-2H3;1H. The molecule has 1 atom stereocenters. The quantitative estimate of drug-likeness (QED) is 0.844. The molecule has 5 heteroatoms. The fourth-order valence-corrected chi connectivity index (χ4v) is 5.60. The van der Waals surface area contributed by atoms with Crippen molar-refractivity contribution in [1.82, 2.24) is 4.90 Å². The highest BCUT2D eigenvalue weighted by Gasteiger charge is 2.51. The van der Waals surface area contributed by atoms with Gasteiger partial charge < -0.3 is 15.4 Å². The summed E-state index contributed by atoms with van der Waals surface area (Å²) in [6.07, 6.45) is 8.32. The van der Waals surface area contributed by atoms with Crippen LogP contribution in [0.3, 0.4) is 0 Å². The molecule has 2 N–H and O–H groups in total. The molecule has 1 unspecified atom stereocenters. The van der Waals surface area contributed by atoms with Gasteiger partial charge in [0.05, 0.1) is 6.61 Å². The molecule has 0 heterocycles. The summed E-state index contributed by atoms with van der Waals surface area (Å²) in [4.78, 5) is 14.1. The second-order valence-corrected chi connectivity index (χ2v) is 7.67. The third kappa shape index (κ3) is 3.38. The number of nitrogens with zero attached hydrogens (tertiary/aromatic N) is 1. The topological polar surface area (TPSA) is 55.6 Å². The highest BCUT2D eigenvalue weighted by Crippen LogP contribution is 2.60. The van der Waals surface area contributed by atoms with Gasteiger partial charge in [-0.2, -0.15) is 0 Å². The van der Waals surface area contributed by atoms with Crippen molar-refractivity contribution in [3.05, 3.63) is 0 Å². The minimum absolute atomic E-state index is 0. The van der Waals surface area contributed by atoms with E-state index in [1.54, 1.807) is 7.11 Å². The molecule has 0 aromatic heterocycles. The first-order chi connectivity index (χ1) is 9.51. The number of likely N-dealkylation sites (N-methyl/N-ethyl adjacent to an activating group) is 1. The summed E-state index contributed by atoms with van der Waals surface area (Å²) in [5.41, 5.74) is 6.27. The van der Waals surface area contributed by atoms with Crippen LogP contribution in [0, 0.1) is 23.2 Å². The molecule has 0 aromatic rings. The molecular formula is C16H29ClN2O2. The maximum Gasteiger partial charge on any atom is 0.241 e. The van der Waals surface area contributed by atoms with Crippen LogP contribution in [0.15, 0.2) is 0 Å². The van der Waals surface area contributed by atoms with Crippen LogP contribution in [-0.4, -0.2) is 44.2 Å². The Kier molecular flexibility index (Phi) is 5.22. The van der Waals surface area contributed by atoms with Crippen LogP contribution in [0.25, 0.3) is 0 Å². The van der Waals surface area contributed by atoms with Gasteiger partial charge in [-0.3, -0.25) is 4.79 Å². The van der Waals surface area contributed by atoms with Gasteiger partial charge in [0.15, 0.2) is 0 Å². The molecule has 4 saturated carbocycles. The van der Waals surface area contributed by atoms with E-state index in [1.165, 1.54) is 38.5 Å². The first-order valence-electron chi connectivity index (χ1n) is 8.01.